The van der Waals surface area contributed by atoms with Crippen molar-refractivity contribution in [3.63, 3.8) is 0 Å². The Morgan fingerprint density at radius 3 is 1.28 bits per heavy atom. The molecule has 10 nitrogen and oxygen atoms in total. The molecule has 1 aromatic carbocycles. The quantitative estimate of drug-likeness (QED) is 0.335. The van der Waals surface area contributed by atoms with Gasteiger partial charge in [0.15, 0.2) is 0 Å². The van der Waals surface area contributed by atoms with Gasteiger partial charge in [-0.2, -0.15) is 0 Å². The maximum absolute atomic E-state index is 12.6. The standard InChI is InChI=1S/C20H34N2O8P2/c1-5-27-31(25,28-6-2)15-13-21-19(23)17-11-9-10-12-18(17)20(24)22-14-16-32(26,29-7-3)30-8-4/h9-12H,5-8,13-16H2,1-4H3,(H,21,23)(H,22,24). The molecule has 2 N–H and O–H groups in total. The second-order valence-corrected chi connectivity index (χ2v) is 10.8. The van der Waals surface area contributed by atoms with Crippen LogP contribution in [-0.4, -0.2) is 63.7 Å². The van der Waals surface area contributed by atoms with Gasteiger partial charge in [-0.1, -0.05) is 12.1 Å². The predicted octanol–water partition coefficient (Wildman–Crippen LogP) is 3.68. The van der Waals surface area contributed by atoms with E-state index in [-0.39, 0.29) is 63.0 Å². The Hall–Kier alpha value is -1.54. The van der Waals surface area contributed by atoms with Crippen LogP contribution in [0.1, 0.15) is 48.4 Å². The zero-order valence-corrected chi connectivity index (χ0v) is 20.9. The fourth-order valence-electron chi connectivity index (χ4n) is 2.80. The molecule has 0 aliphatic carbocycles. The van der Waals surface area contributed by atoms with Crippen LogP contribution in [0.4, 0.5) is 0 Å². The van der Waals surface area contributed by atoms with Crippen molar-refractivity contribution in [2.45, 2.75) is 27.7 Å². The number of amides is 2. The third-order valence-electron chi connectivity index (χ3n) is 4.06. The van der Waals surface area contributed by atoms with Crippen molar-refractivity contribution in [2.24, 2.45) is 0 Å². The van der Waals surface area contributed by atoms with Gasteiger partial charge < -0.3 is 28.7 Å². The predicted molar refractivity (Wildman–Crippen MR) is 123 cm³/mol. The highest BCUT2D eigenvalue weighted by Gasteiger charge is 2.25. The molecular weight excluding hydrogens is 458 g/mol. The Morgan fingerprint density at radius 1 is 0.688 bits per heavy atom. The number of benzene rings is 1. The molecule has 0 aliphatic heterocycles. The molecule has 0 fully saturated rings. The van der Waals surface area contributed by atoms with E-state index in [0.717, 1.165) is 0 Å². The zero-order chi connectivity index (χ0) is 24.0. The molecule has 32 heavy (non-hydrogen) atoms. The van der Waals surface area contributed by atoms with E-state index in [0.29, 0.717) is 0 Å². The van der Waals surface area contributed by atoms with Crippen LogP contribution in [0.5, 0.6) is 0 Å². The fraction of sp³-hybridized carbons (Fsp3) is 0.600. The number of hydrogen-bond donors (Lipinski definition) is 2. The molecule has 182 valence electrons. The van der Waals surface area contributed by atoms with Crippen LogP contribution < -0.4 is 10.6 Å². The summed E-state index contributed by atoms with van der Waals surface area (Å²) in [5.41, 5.74) is 0.316. The second kappa shape index (κ2) is 14.6. The molecule has 0 saturated carbocycles. The molecule has 0 saturated heterocycles. The molecular formula is C20H34N2O8P2. The number of rotatable bonds is 16. The topological polar surface area (TPSA) is 129 Å². The highest BCUT2D eigenvalue weighted by molar-refractivity contribution is 7.54. The lowest BCUT2D eigenvalue weighted by Crippen LogP contribution is -2.32. The van der Waals surface area contributed by atoms with Gasteiger partial charge in [-0.3, -0.25) is 18.7 Å². The average molecular weight is 492 g/mol. The first-order valence-corrected chi connectivity index (χ1v) is 14.1. The number of carbonyl (C=O) groups is 2. The molecule has 0 spiro atoms. The Morgan fingerprint density at radius 2 is 1.00 bits per heavy atom. The van der Waals surface area contributed by atoms with Crippen molar-refractivity contribution in [3.05, 3.63) is 35.4 Å². The molecule has 1 aromatic rings. The molecule has 0 aliphatic rings. The Balaban J connectivity index is 2.74. The summed E-state index contributed by atoms with van der Waals surface area (Å²) in [7, 11) is -6.57. The summed E-state index contributed by atoms with van der Waals surface area (Å²) in [4.78, 5) is 25.3. The minimum atomic E-state index is -3.28. The lowest BCUT2D eigenvalue weighted by atomic mass is 10.1. The first kappa shape index (κ1) is 28.5. The van der Waals surface area contributed by atoms with E-state index in [1.54, 1.807) is 39.8 Å². The van der Waals surface area contributed by atoms with E-state index in [1.807, 2.05) is 0 Å². The summed E-state index contributed by atoms with van der Waals surface area (Å²) in [5.74, 6) is -0.991. The summed E-state index contributed by atoms with van der Waals surface area (Å²) in [5, 5.41) is 5.29. The van der Waals surface area contributed by atoms with Gasteiger partial charge in [0.25, 0.3) is 11.8 Å². The normalized spacial score (nSPS) is 11.9. The third-order valence-corrected chi connectivity index (χ3v) is 8.21. The molecule has 0 atom stereocenters. The molecule has 0 unspecified atom stereocenters. The summed E-state index contributed by atoms with van der Waals surface area (Å²) in [6.07, 6.45) is 0.0256. The highest BCUT2D eigenvalue weighted by atomic mass is 31.2. The van der Waals surface area contributed by atoms with Crippen LogP contribution >= 0.6 is 15.2 Å². The van der Waals surface area contributed by atoms with Crippen LogP contribution in [0.3, 0.4) is 0 Å². The molecule has 0 radical (unpaired) electrons. The summed E-state index contributed by atoms with van der Waals surface area (Å²) < 4.78 is 45.8. The minimum Gasteiger partial charge on any atom is -0.351 e. The van der Waals surface area contributed by atoms with Gasteiger partial charge in [-0.25, -0.2) is 0 Å². The lowest BCUT2D eigenvalue weighted by molar-refractivity contribution is 0.0920. The molecule has 0 bridgehead atoms. The van der Waals surface area contributed by atoms with Gasteiger partial charge in [0.1, 0.15) is 0 Å². The maximum Gasteiger partial charge on any atom is 0.332 e. The van der Waals surface area contributed by atoms with E-state index < -0.39 is 27.0 Å². The third kappa shape index (κ3) is 9.53. The van der Waals surface area contributed by atoms with Gasteiger partial charge in [0, 0.05) is 13.1 Å². The molecule has 2 amide bonds. The van der Waals surface area contributed by atoms with E-state index in [2.05, 4.69) is 10.6 Å². The first-order chi connectivity index (χ1) is 15.2. The van der Waals surface area contributed by atoms with Crippen LogP contribution in [-0.2, 0) is 27.2 Å². The smallest absolute Gasteiger partial charge is 0.332 e. The van der Waals surface area contributed by atoms with E-state index >= 15 is 0 Å². The van der Waals surface area contributed by atoms with Crippen LogP contribution in [0, 0.1) is 0 Å². The van der Waals surface area contributed by atoms with E-state index in [9.17, 15) is 18.7 Å². The minimum absolute atomic E-state index is 0.0128. The number of nitrogens with one attached hydrogen (secondary N) is 2. The van der Waals surface area contributed by atoms with Crippen molar-refractivity contribution < 1.29 is 36.8 Å². The van der Waals surface area contributed by atoms with Crippen molar-refractivity contribution in [1.29, 1.82) is 0 Å². The van der Waals surface area contributed by atoms with Crippen LogP contribution in [0.25, 0.3) is 0 Å². The second-order valence-electron chi connectivity index (χ2n) is 6.40. The first-order valence-electron chi connectivity index (χ1n) is 10.7. The lowest BCUT2D eigenvalue weighted by Gasteiger charge is -2.18. The van der Waals surface area contributed by atoms with E-state index in [4.69, 9.17) is 18.1 Å². The molecule has 0 aromatic heterocycles. The number of hydrogen-bond acceptors (Lipinski definition) is 8. The van der Waals surface area contributed by atoms with Gasteiger partial charge in [0.05, 0.1) is 49.9 Å². The largest absolute Gasteiger partial charge is 0.351 e. The maximum atomic E-state index is 12.6. The highest BCUT2D eigenvalue weighted by Crippen LogP contribution is 2.47. The van der Waals surface area contributed by atoms with Crippen molar-refractivity contribution in [2.75, 3.05) is 51.8 Å². The summed E-state index contributed by atoms with van der Waals surface area (Å²) in [6.45, 7) is 7.86. The fourth-order valence-corrected chi connectivity index (χ4v) is 5.81. The summed E-state index contributed by atoms with van der Waals surface area (Å²) in [6, 6.07) is 6.30. The van der Waals surface area contributed by atoms with Gasteiger partial charge in [0.2, 0.25) is 0 Å². The van der Waals surface area contributed by atoms with Crippen molar-refractivity contribution >= 4 is 27.0 Å². The summed E-state index contributed by atoms with van der Waals surface area (Å²) >= 11 is 0. The SMILES string of the molecule is CCOP(=O)(CCNC(=O)c1ccccc1C(=O)NCCP(=O)(OCC)OCC)OCC. The average Bonchev–Trinajstić information content (AvgIpc) is 2.74. The van der Waals surface area contributed by atoms with Crippen molar-refractivity contribution in [3.8, 4) is 0 Å². The molecule has 1 rings (SSSR count). The van der Waals surface area contributed by atoms with Gasteiger partial charge >= 0.3 is 15.2 Å². The van der Waals surface area contributed by atoms with Crippen molar-refractivity contribution in [1.82, 2.24) is 10.6 Å². The molecule has 0 heterocycles. The zero-order valence-electron chi connectivity index (χ0n) is 19.1. The van der Waals surface area contributed by atoms with Crippen LogP contribution in [0.2, 0.25) is 0 Å². The van der Waals surface area contributed by atoms with E-state index in [1.165, 1.54) is 12.1 Å². The van der Waals surface area contributed by atoms with Gasteiger partial charge in [-0.05, 0) is 39.8 Å². The Bertz CT molecular complexity index is 747. The monoisotopic (exact) mass is 492 g/mol. The van der Waals surface area contributed by atoms with Gasteiger partial charge in [-0.15, -0.1) is 0 Å². The number of carbonyl (C=O) groups excluding carboxylic acids is 2. The Kier molecular flexibility index (Phi) is 13.0. The molecule has 12 heteroatoms. The van der Waals surface area contributed by atoms with Crippen LogP contribution in [0.15, 0.2) is 24.3 Å². The Labute approximate surface area is 189 Å².